The van der Waals surface area contributed by atoms with Crippen LogP contribution in [0, 0.1) is 13.8 Å². The number of furan rings is 1. The Balaban J connectivity index is 1.80. The van der Waals surface area contributed by atoms with Crippen LogP contribution in [0.1, 0.15) is 11.1 Å². The van der Waals surface area contributed by atoms with E-state index in [0.29, 0.717) is 0 Å². The van der Waals surface area contributed by atoms with Crippen LogP contribution in [0.2, 0.25) is 0 Å². The van der Waals surface area contributed by atoms with Gasteiger partial charge in [-0.25, -0.2) is 0 Å². The van der Waals surface area contributed by atoms with E-state index in [1.165, 1.54) is 49.4 Å². The van der Waals surface area contributed by atoms with Gasteiger partial charge >= 0.3 is 0 Å². The van der Waals surface area contributed by atoms with Crippen LogP contribution in [-0.2, 0) is 0 Å². The van der Waals surface area contributed by atoms with E-state index in [-0.39, 0.29) is 0 Å². The molecule has 2 heteroatoms. The van der Waals surface area contributed by atoms with Crippen LogP contribution >= 0.6 is 0 Å². The minimum absolute atomic E-state index is 0.944. The molecule has 4 aromatic carbocycles. The lowest BCUT2D eigenvalue weighted by atomic mass is 10.1. The van der Waals surface area contributed by atoms with E-state index < -0.39 is 0 Å². The summed E-state index contributed by atoms with van der Waals surface area (Å²) in [5.74, 6) is 0. The molecule has 0 aliphatic rings. The zero-order chi connectivity index (χ0) is 18.8. The molecule has 0 radical (unpaired) electrons. The van der Waals surface area contributed by atoms with Crippen molar-refractivity contribution >= 4 is 43.7 Å². The second kappa shape index (κ2) is 5.49. The van der Waals surface area contributed by atoms with Crippen LogP contribution in [0.5, 0.6) is 0 Å². The Hall–Kier alpha value is -3.52. The molecule has 2 aromatic heterocycles. The topological polar surface area (TPSA) is 18.1 Å². The van der Waals surface area contributed by atoms with Crippen LogP contribution in [0.4, 0.5) is 0 Å². The first-order valence-corrected chi connectivity index (χ1v) is 9.62. The van der Waals surface area contributed by atoms with E-state index in [1.54, 1.807) is 0 Å². The molecule has 6 rings (SSSR count). The quantitative estimate of drug-likeness (QED) is 0.300. The fraction of sp³-hybridized carbons (Fsp3) is 0.0769. The lowest BCUT2D eigenvalue weighted by Gasteiger charge is -2.08. The van der Waals surface area contributed by atoms with Gasteiger partial charge in [-0.1, -0.05) is 48.0 Å². The first-order valence-electron chi connectivity index (χ1n) is 9.62. The molecule has 0 N–H and O–H groups in total. The number of nitrogens with zero attached hydrogens (tertiary/aromatic N) is 1. The van der Waals surface area contributed by atoms with Gasteiger partial charge in [0.05, 0.1) is 11.0 Å². The average molecular weight is 361 g/mol. The maximum absolute atomic E-state index is 6.21. The SMILES string of the molecule is Cc1ccc(-n2c3ccccc3c3cc4oc5cc(C)ccc5c4cc32)cc1. The maximum atomic E-state index is 6.21. The summed E-state index contributed by atoms with van der Waals surface area (Å²) < 4.78 is 8.57. The minimum atomic E-state index is 0.944. The predicted molar refractivity (Wildman–Crippen MR) is 118 cm³/mol. The molecule has 0 spiro atoms. The molecule has 0 fully saturated rings. The highest BCUT2D eigenvalue weighted by molar-refractivity contribution is 6.17. The van der Waals surface area contributed by atoms with Crippen molar-refractivity contribution < 1.29 is 4.42 Å². The van der Waals surface area contributed by atoms with E-state index in [9.17, 15) is 0 Å². The molecule has 2 heterocycles. The van der Waals surface area contributed by atoms with Crippen molar-refractivity contribution in [1.29, 1.82) is 0 Å². The van der Waals surface area contributed by atoms with Crippen molar-refractivity contribution in [2.24, 2.45) is 0 Å². The van der Waals surface area contributed by atoms with Crippen LogP contribution in [0.3, 0.4) is 0 Å². The molecule has 0 aliphatic heterocycles. The summed E-state index contributed by atoms with van der Waals surface area (Å²) in [6.45, 7) is 4.22. The summed E-state index contributed by atoms with van der Waals surface area (Å²) in [6, 6.07) is 28.3. The highest BCUT2D eigenvalue weighted by atomic mass is 16.3. The Morgan fingerprint density at radius 3 is 2.18 bits per heavy atom. The lowest BCUT2D eigenvalue weighted by molar-refractivity contribution is 0.669. The van der Waals surface area contributed by atoms with Gasteiger partial charge in [-0.2, -0.15) is 0 Å². The number of aromatic nitrogens is 1. The summed E-state index contributed by atoms with van der Waals surface area (Å²) in [6.07, 6.45) is 0. The van der Waals surface area contributed by atoms with Crippen LogP contribution in [0.15, 0.2) is 83.3 Å². The molecule has 0 saturated carbocycles. The number of hydrogen-bond acceptors (Lipinski definition) is 1. The molecular weight excluding hydrogens is 342 g/mol. The third-order valence-corrected chi connectivity index (χ3v) is 5.71. The fourth-order valence-electron chi connectivity index (χ4n) is 4.32. The molecule has 0 atom stereocenters. The van der Waals surface area contributed by atoms with Gasteiger partial charge in [0, 0.05) is 27.2 Å². The average Bonchev–Trinajstić information content (AvgIpc) is 3.21. The maximum Gasteiger partial charge on any atom is 0.136 e. The number of para-hydroxylation sites is 1. The highest BCUT2D eigenvalue weighted by Crippen LogP contribution is 2.38. The van der Waals surface area contributed by atoms with Crippen LogP contribution in [0.25, 0.3) is 49.4 Å². The monoisotopic (exact) mass is 361 g/mol. The first-order chi connectivity index (χ1) is 13.7. The zero-order valence-electron chi connectivity index (χ0n) is 15.9. The second-order valence-corrected chi connectivity index (χ2v) is 7.66. The number of fused-ring (bicyclic) bond motifs is 6. The molecule has 2 nitrogen and oxygen atoms in total. The van der Waals surface area contributed by atoms with Crippen molar-refractivity contribution in [3.63, 3.8) is 0 Å². The van der Waals surface area contributed by atoms with Crippen molar-refractivity contribution in [2.45, 2.75) is 13.8 Å². The van der Waals surface area contributed by atoms with Gasteiger partial charge in [0.2, 0.25) is 0 Å². The molecule has 6 aromatic rings. The van der Waals surface area contributed by atoms with Gasteiger partial charge in [-0.3, -0.25) is 0 Å². The van der Waals surface area contributed by atoms with Crippen molar-refractivity contribution in [3.05, 3.63) is 90.0 Å². The van der Waals surface area contributed by atoms with E-state index >= 15 is 0 Å². The molecule has 28 heavy (non-hydrogen) atoms. The third-order valence-electron chi connectivity index (χ3n) is 5.71. The zero-order valence-corrected chi connectivity index (χ0v) is 15.9. The van der Waals surface area contributed by atoms with Crippen LogP contribution in [-0.4, -0.2) is 4.57 Å². The number of benzene rings is 4. The summed E-state index contributed by atoms with van der Waals surface area (Å²) in [5.41, 5.74) is 7.98. The summed E-state index contributed by atoms with van der Waals surface area (Å²) in [7, 11) is 0. The van der Waals surface area contributed by atoms with Gasteiger partial charge in [0.15, 0.2) is 0 Å². The summed E-state index contributed by atoms with van der Waals surface area (Å²) in [4.78, 5) is 0. The molecule has 134 valence electrons. The molecule has 0 aliphatic carbocycles. The predicted octanol–water partition coefficient (Wildman–Crippen LogP) is 7.30. The van der Waals surface area contributed by atoms with Gasteiger partial charge in [0.1, 0.15) is 11.2 Å². The van der Waals surface area contributed by atoms with Gasteiger partial charge < -0.3 is 8.98 Å². The Kier molecular flexibility index (Phi) is 3.05. The van der Waals surface area contributed by atoms with Crippen LogP contribution < -0.4 is 0 Å². The van der Waals surface area contributed by atoms with Gasteiger partial charge in [-0.05, 0) is 55.8 Å². The standard InChI is InChI=1S/C26H19NO/c1-16-7-10-18(11-8-16)27-23-6-4-3-5-19(23)21-15-26-22(14-24(21)27)20-12-9-17(2)13-25(20)28-26/h3-15H,1-2H3. The van der Waals surface area contributed by atoms with E-state index in [0.717, 1.165) is 11.2 Å². The first kappa shape index (κ1) is 15.5. The second-order valence-electron chi connectivity index (χ2n) is 7.66. The summed E-state index contributed by atoms with van der Waals surface area (Å²) >= 11 is 0. The lowest BCUT2D eigenvalue weighted by Crippen LogP contribution is -1.93. The largest absolute Gasteiger partial charge is 0.456 e. The van der Waals surface area contributed by atoms with Crippen molar-refractivity contribution in [3.8, 4) is 5.69 Å². The Labute approximate surface area is 162 Å². The minimum Gasteiger partial charge on any atom is -0.456 e. The molecule has 0 unspecified atom stereocenters. The Morgan fingerprint density at radius 2 is 1.32 bits per heavy atom. The Bertz CT molecular complexity index is 1510. The van der Waals surface area contributed by atoms with E-state index in [1.807, 2.05) is 0 Å². The smallest absolute Gasteiger partial charge is 0.136 e. The summed E-state index contributed by atoms with van der Waals surface area (Å²) in [5, 5.41) is 4.80. The van der Waals surface area contributed by atoms with Gasteiger partial charge in [-0.15, -0.1) is 0 Å². The van der Waals surface area contributed by atoms with Crippen molar-refractivity contribution in [2.75, 3.05) is 0 Å². The van der Waals surface area contributed by atoms with E-state index in [4.69, 9.17) is 4.42 Å². The molecule has 0 bridgehead atoms. The van der Waals surface area contributed by atoms with E-state index in [2.05, 4.69) is 97.3 Å². The number of aryl methyl sites for hydroxylation is 2. The van der Waals surface area contributed by atoms with Gasteiger partial charge in [0.25, 0.3) is 0 Å². The fourth-order valence-corrected chi connectivity index (χ4v) is 4.32. The highest BCUT2D eigenvalue weighted by Gasteiger charge is 2.16. The Morgan fingerprint density at radius 1 is 0.571 bits per heavy atom. The number of hydrogen-bond donors (Lipinski definition) is 0. The molecular formula is C26H19NO. The normalized spacial score (nSPS) is 11.9. The molecule has 0 saturated heterocycles. The molecule has 0 amide bonds. The third kappa shape index (κ3) is 2.09. The number of rotatable bonds is 1. The van der Waals surface area contributed by atoms with Crippen molar-refractivity contribution in [1.82, 2.24) is 4.57 Å².